The molecule has 0 aromatic heterocycles. The summed E-state index contributed by atoms with van der Waals surface area (Å²) < 4.78 is 7.46. The molecule has 0 heterocycles. The van der Waals surface area contributed by atoms with Crippen LogP contribution in [0, 0.1) is 0 Å². The summed E-state index contributed by atoms with van der Waals surface area (Å²) >= 11 is 25.7. The van der Waals surface area contributed by atoms with E-state index >= 15 is 0 Å². The number of ether oxygens (including phenoxy) is 1. The monoisotopic (exact) mass is 530 g/mol. The van der Waals surface area contributed by atoms with Crippen LogP contribution in [0.3, 0.4) is 0 Å². The van der Waals surface area contributed by atoms with Gasteiger partial charge < -0.3 is 4.74 Å². The maximum Gasteiger partial charge on any atom is 0.140 e. The Bertz CT molecular complexity index is 398. The molecule has 0 spiro atoms. The normalized spacial score (nSPS) is 11.0. The van der Waals surface area contributed by atoms with Crippen LogP contribution < -0.4 is 4.74 Å². The zero-order valence-electron chi connectivity index (χ0n) is 8.45. The maximum atomic E-state index is 6.09. The van der Waals surface area contributed by atoms with E-state index < -0.39 is 0 Å². The van der Waals surface area contributed by atoms with E-state index in [-0.39, 0.29) is 0 Å². The molecular formula is C10H8Br4Cl2O. The van der Waals surface area contributed by atoms with Crippen molar-refractivity contribution >= 4 is 86.9 Å². The van der Waals surface area contributed by atoms with E-state index in [1.165, 1.54) is 0 Å². The lowest BCUT2D eigenvalue weighted by Gasteiger charge is -2.11. The molecule has 0 unspecified atom stereocenters. The lowest BCUT2D eigenvalue weighted by molar-refractivity contribution is 0.309. The first-order chi connectivity index (χ1) is 7.93. The van der Waals surface area contributed by atoms with Gasteiger partial charge in [-0.1, -0.05) is 55.1 Å². The van der Waals surface area contributed by atoms with E-state index in [2.05, 4.69) is 63.7 Å². The Morgan fingerprint density at radius 2 is 1.82 bits per heavy atom. The van der Waals surface area contributed by atoms with Crippen molar-refractivity contribution in [2.45, 2.75) is 16.6 Å². The van der Waals surface area contributed by atoms with Gasteiger partial charge in [0.2, 0.25) is 0 Å². The Kier molecular flexibility index (Phi) is 7.75. The number of rotatable bonds is 5. The number of hydrogen-bond donors (Lipinski definition) is 0. The Morgan fingerprint density at radius 3 is 2.41 bits per heavy atom. The van der Waals surface area contributed by atoms with Crippen molar-refractivity contribution in [3.8, 4) is 5.75 Å². The highest BCUT2D eigenvalue weighted by Crippen LogP contribution is 2.42. The minimum atomic E-state index is 0.314. The lowest BCUT2D eigenvalue weighted by Crippen LogP contribution is -2.00. The molecule has 96 valence electrons. The number of alkyl halides is 2. The van der Waals surface area contributed by atoms with Crippen molar-refractivity contribution in [1.82, 2.24) is 0 Å². The standard InChI is InChI=1S/C10H8Br4Cl2O/c11-5-4-6(9(15)10(16)8(5)14)17-3-1-2-7(12)13/h4,7H,1-3H2. The van der Waals surface area contributed by atoms with Crippen LogP contribution in [0.2, 0.25) is 10.0 Å². The Balaban J connectivity index is 2.66. The number of hydrogen-bond acceptors (Lipinski definition) is 1. The summed E-state index contributed by atoms with van der Waals surface area (Å²) in [5, 5.41) is 0.880. The minimum Gasteiger partial charge on any atom is -0.492 e. The van der Waals surface area contributed by atoms with Crippen LogP contribution in [0.5, 0.6) is 5.75 Å². The van der Waals surface area contributed by atoms with Crippen molar-refractivity contribution in [3.63, 3.8) is 0 Å². The zero-order chi connectivity index (χ0) is 13.0. The van der Waals surface area contributed by atoms with Crippen molar-refractivity contribution in [1.29, 1.82) is 0 Å². The van der Waals surface area contributed by atoms with E-state index in [0.717, 1.165) is 21.8 Å². The van der Waals surface area contributed by atoms with Gasteiger partial charge >= 0.3 is 0 Å². The molecule has 1 rings (SSSR count). The molecule has 0 atom stereocenters. The van der Waals surface area contributed by atoms with Gasteiger partial charge in [0.15, 0.2) is 0 Å². The first kappa shape index (κ1) is 16.6. The van der Waals surface area contributed by atoms with Crippen molar-refractivity contribution < 1.29 is 4.74 Å². The van der Waals surface area contributed by atoms with Crippen LogP contribution in [0.1, 0.15) is 12.8 Å². The second-order valence-electron chi connectivity index (χ2n) is 3.18. The number of halogens is 6. The molecule has 0 radical (unpaired) electrons. The summed E-state index contributed by atoms with van der Waals surface area (Å²) in [5.74, 6) is 0.590. The molecular weight excluding hydrogens is 527 g/mol. The Labute approximate surface area is 144 Å². The fraction of sp³-hybridized carbons (Fsp3) is 0.400. The highest BCUT2D eigenvalue weighted by Gasteiger charge is 2.13. The van der Waals surface area contributed by atoms with Gasteiger partial charge in [-0.15, -0.1) is 0 Å². The van der Waals surface area contributed by atoms with Crippen LogP contribution in [0.15, 0.2) is 15.0 Å². The lowest BCUT2D eigenvalue weighted by atomic mass is 10.3. The molecule has 0 aliphatic rings. The molecule has 0 saturated heterocycles. The van der Waals surface area contributed by atoms with Crippen molar-refractivity contribution in [2.24, 2.45) is 0 Å². The summed E-state index contributed by atoms with van der Waals surface area (Å²) in [6.07, 6.45) is 1.89. The van der Waals surface area contributed by atoms with E-state index in [9.17, 15) is 0 Å². The van der Waals surface area contributed by atoms with Crippen LogP contribution >= 0.6 is 86.9 Å². The van der Waals surface area contributed by atoms with Gasteiger partial charge in [-0.25, -0.2) is 0 Å². The molecule has 0 bridgehead atoms. The Morgan fingerprint density at radius 1 is 1.18 bits per heavy atom. The van der Waals surface area contributed by atoms with Crippen LogP contribution in [0.25, 0.3) is 0 Å². The van der Waals surface area contributed by atoms with Gasteiger partial charge in [0.25, 0.3) is 0 Å². The fourth-order valence-corrected chi connectivity index (χ4v) is 3.07. The van der Waals surface area contributed by atoms with Gasteiger partial charge in [0, 0.05) is 4.47 Å². The fourth-order valence-electron chi connectivity index (χ4n) is 1.08. The molecule has 0 amide bonds. The van der Waals surface area contributed by atoms with E-state index in [4.69, 9.17) is 27.9 Å². The molecule has 0 fully saturated rings. The number of benzene rings is 1. The van der Waals surface area contributed by atoms with Crippen LogP contribution in [0.4, 0.5) is 0 Å². The second-order valence-corrected chi connectivity index (χ2v) is 9.02. The van der Waals surface area contributed by atoms with Gasteiger partial charge in [-0.2, -0.15) is 0 Å². The summed E-state index contributed by atoms with van der Waals surface area (Å²) in [7, 11) is 0. The average Bonchev–Trinajstić information content (AvgIpc) is 2.27. The summed E-state index contributed by atoms with van der Waals surface area (Å²) in [4.78, 5) is 0. The van der Waals surface area contributed by atoms with Gasteiger partial charge in [-0.05, 0) is 50.8 Å². The average molecular weight is 535 g/mol. The predicted octanol–water partition coefficient (Wildman–Crippen LogP) is 6.79. The van der Waals surface area contributed by atoms with E-state index in [0.29, 0.717) is 26.1 Å². The third kappa shape index (κ3) is 5.19. The molecule has 1 nitrogen and oxygen atoms in total. The highest BCUT2D eigenvalue weighted by atomic mass is 79.9. The van der Waals surface area contributed by atoms with Crippen LogP contribution in [-0.2, 0) is 0 Å². The van der Waals surface area contributed by atoms with Crippen LogP contribution in [-0.4, -0.2) is 10.3 Å². The maximum absolute atomic E-state index is 6.09. The highest BCUT2D eigenvalue weighted by molar-refractivity contribution is 9.24. The molecule has 1 aromatic rings. The van der Waals surface area contributed by atoms with E-state index in [1.54, 1.807) is 6.07 Å². The van der Waals surface area contributed by atoms with Gasteiger partial charge in [-0.3, -0.25) is 0 Å². The second kappa shape index (κ2) is 7.95. The summed E-state index contributed by atoms with van der Waals surface area (Å²) in [6, 6.07) is 1.80. The topological polar surface area (TPSA) is 9.23 Å². The molecule has 0 saturated carbocycles. The summed E-state index contributed by atoms with van der Waals surface area (Å²) in [6.45, 7) is 0.595. The van der Waals surface area contributed by atoms with Gasteiger partial charge in [0.05, 0.1) is 19.8 Å². The third-order valence-electron chi connectivity index (χ3n) is 1.89. The Hall–Kier alpha value is 1.52. The zero-order valence-corrected chi connectivity index (χ0v) is 16.3. The molecule has 0 aliphatic heterocycles. The minimum absolute atomic E-state index is 0.314. The van der Waals surface area contributed by atoms with Crippen molar-refractivity contribution in [2.75, 3.05) is 6.61 Å². The van der Waals surface area contributed by atoms with E-state index in [1.807, 2.05) is 0 Å². The largest absolute Gasteiger partial charge is 0.492 e. The molecule has 1 aromatic carbocycles. The van der Waals surface area contributed by atoms with Gasteiger partial charge in [0.1, 0.15) is 10.8 Å². The molecule has 0 aliphatic carbocycles. The smallest absolute Gasteiger partial charge is 0.140 e. The first-order valence-corrected chi connectivity index (χ1v) is 8.84. The molecule has 17 heavy (non-hydrogen) atoms. The van der Waals surface area contributed by atoms with Crippen molar-refractivity contribution in [3.05, 3.63) is 25.1 Å². The quantitative estimate of drug-likeness (QED) is 0.175. The third-order valence-corrected chi connectivity index (χ3v) is 5.87. The summed E-state index contributed by atoms with van der Waals surface area (Å²) in [5.41, 5.74) is 0. The molecule has 7 heteroatoms. The first-order valence-electron chi connectivity index (χ1n) is 4.67. The molecule has 0 N–H and O–H groups in total. The SMILES string of the molecule is Clc1c(OCCCC(Br)Br)cc(Br)c(Br)c1Cl. The predicted molar refractivity (Wildman–Crippen MR) is 88.2 cm³/mol.